The molecule has 32 heavy (non-hydrogen) atoms. The zero-order valence-corrected chi connectivity index (χ0v) is 17.5. The Morgan fingerprint density at radius 3 is 2.19 bits per heavy atom. The zero-order chi connectivity index (χ0) is 21.9. The standard InChI is InChI=1S/C25H22N2O5/c1-12-2-6-15(7-3-12)27-23(30)19-16-8-9-25(32-16,20(19)24(27)31)11-26-21(28)17-13-4-5-14(10-13)18(17)22(26)29/h2-9,13-14,16-20H,10-11H2,1H3/t13-,14-,16+,17-,18+,19+,20-,25+/m0/s1. The number of carbonyl (C=O) groups excluding carboxylic acids is 4. The SMILES string of the molecule is Cc1ccc(N2C(=O)[C@H]3[C@@H](C2=O)[C@]2(CN4C(=O)[C@@H]5[C@H](C4=O)[C@H]4C=C[C@H]5C4)C=C[C@H]3O2)cc1. The summed E-state index contributed by atoms with van der Waals surface area (Å²) < 4.78 is 6.18. The summed E-state index contributed by atoms with van der Waals surface area (Å²) in [6.07, 6.45) is 8.08. The summed E-state index contributed by atoms with van der Waals surface area (Å²) in [6.45, 7) is 1.94. The number of anilines is 1. The van der Waals surface area contributed by atoms with E-state index in [1.165, 1.54) is 9.80 Å². The van der Waals surface area contributed by atoms with Crippen LogP contribution in [-0.4, -0.2) is 46.8 Å². The molecule has 4 heterocycles. The van der Waals surface area contributed by atoms with E-state index in [-0.39, 0.29) is 53.8 Å². The van der Waals surface area contributed by atoms with Crippen LogP contribution in [0.15, 0.2) is 48.6 Å². The number of nitrogens with zero attached hydrogens (tertiary/aromatic N) is 2. The van der Waals surface area contributed by atoms with Crippen molar-refractivity contribution in [2.24, 2.45) is 35.5 Å². The maximum Gasteiger partial charge on any atom is 0.241 e. The Morgan fingerprint density at radius 1 is 0.875 bits per heavy atom. The summed E-state index contributed by atoms with van der Waals surface area (Å²) in [5.41, 5.74) is 0.438. The molecular formula is C25H22N2O5. The number of amides is 4. The first kappa shape index (κ1) is 18.5. The number of allylic oxidation sites excluding steroid dienone is 2. The normalized spacial score (nSPS) is 42.7. The van der Waals surface area contributed by atoms with Gasteiger partial charge in [0.2, 0.25) is 23.6 Å². The fraction of sp³-hybridized carbons (Fsp3) is 0.440. The van der Waals surface area contributed by atoms with Crippen molar-refractivity contribution in [3.8, 4) is 0 Å². The van der Waals surface area contributed by atoms with Gasteiger partial charge in [-0.2, -0.15) is 0 Å². The molecular weight excluding hydrogens is 408 g/mol. The molecule has 1 saturated carbocycles. The Bertz CT molecular complexity index is 1140. The molecule has 3 saturated heterocycles. The molecule has 0 radical (unpaired) electrons. The van der Waals surface area contributed by atoms with Crippen molar-refractivity contribution in [3.63, 3.8) is 0 Å². The third-order valence-electron chi connectivity index (χ3n) is 8.41. The lowest BCUT2D eigenvalue weighted by Crippen LogP contribution is -2.51. The summed E-state index contributed by atoms with van der Waals surface area (Å²) >= 11 is 0. The second kappa shape index (κ2) is 5.84. The van der Waals surface area contributed by atoms with Gasteiger partial charge in [0, 0.05) is 0 Å². The Kier molecular flexibility index (Phi) is 3.38. The smallest absolute Gasteiger partial charge is 0.241 e. The summed E-state index contributed by atoms with van der Waals surface area (Å²) in [6, 6.07) is 7.27. The predicted molar refractivity (Wildman–Crippen MR) is 112 cm³/mol. The number of rotatable bonds is 3. The van der Waals surface area contributed by atoms with Crippen molar-refractivity contribution < 1.29 is 23.9 Å². The van der Waals surface area contributed by atoms with E-state index in [0.29, 0.717) is 5.69 Å². The van der Waals surface area contributed by atoms with Gasteiger partial charge in [-0.1, -0.05) is 42.0 Å². The maximum atomic E-state index is 13.5. The molecule has 8 atom stereocenters. The minimum Gasteiger partial charge on any atom is -0.360 e. The van der Waals surface area contributed by atoms with Crippen LogP contribution in [0.4, 0.5) is 5.69 Å². The van der Waals surface area contributed by atoms with Crippen molar-refractivity contribution in [1.29, 1.82) is 0 Å². The van der Waals surface area contributed by atoms with Crippen LogP contribution in [0.5, 0.6) is 0 Å². The number of fused-ring (bicyclic) bond motifs is 10. The van der Waals surface area contributed by atoms with Crippen LogP contribution in [-0.2, 0) is 23.9 Å². The van der Waals surface area contributed by atoms with Gasteiger partial charge in [-0.25, -0.2) is 4.90 Å². The van der Waals surface area contributed by atoms with Crippen molar-refractivity contribution in [3.05, 3.63) is 54.1 Å². The summed E-state index contributed by atoms with van der Waals surface area (Å²) in [7, 11) is 0. The average Bonchev–Trinajstić information content (AvgIpc) is 3.60. The topological polar surface area (TPSA) is 84.0 Å². The monoisotopic (exact) mass is 430 g/mol. The van der Waals surface area contributed by atoms with Crippen molar-refractivity contribution in [1.82, 2.24) is 4.90 Å². The number of hydrogen-bond donors (Lipinski definition) is 0. The molecule has 162 valence electrons. The second-order valence-corrected chi connectivity index (χ2v) is 10.0. The molecule has 0 aromatic heterocycles. The molecule has 4 aliphatic heterocycles. The first-order valence-electron chi connectivity index (χ1n) is 11.2. The van der Waals surface area contributed by atoms with Crippen LogP contribution in [0.25, 0.3) is 0 Å². The van der Waals surface area contributed by atoms with Crippen LogP contribution < -0.4 is 4.90 Å². The molecule has 4 amide bonds. The molecule has 0 unspecified atom stereocenters. The van der Waals surface area contributed by atoms with Crippen LogP contribution >= 0.6 is 0 Å². The number of ether oxygens (including phenoxy) is 1. The quantitative estimate of drug-likeness (QED) is 0.538. The van der Waals surface area contributed by atoms with Crippen molar-refractivity contribution >= 4 is 29.3 Å². The fourth-order valence-corrected chi connectivity index (χ4v) is 7.00. The molecule has 6 aliphatic rings. The molecule has 4 bridgehead atoms. The number of carbonyl (C=O) groups is 4. The third-order valence-corrected chi connectivity index (χ3v) is 8.41. The van der Waals surface area contributed by atoms with Gasteiger partial charge in [0.25, 0.3) is 0 Å². The van der Waals surface area contributed by atoms with E-state index in [0.717, 1.165) is 12.0 Å². The molecule has 7 rings (SSSR count). The summed E-state index contributed by atoms with van der Waals surface area (Å²) in [4.78, 5) is 55.8. The largest absolute Gasteiger partial charge is 0.360 e. The van der Waals surface area contributed by atoms with Crippen molar-refractivity contribution in [2.45, 2.75) is 25.0 Å². The van der Waals surface area contributed by atoms with Gasteiger partial charge >= 0.3 is 0 Å². The van der Waals surface area contributed by atoms with Gasteiger partial charge in [0.1, 0.15) is 5.60 Å². The lowest BCUT2D eigenvalue weighted by atomic mass is 9.76. The van der Waals surface area contributed by atoms with Gasteiger partial charge in [-0.15, -0.1) is 0 Å². The van der Waals surface area contributed by atoms with E-state index >= 15 is 0 Å². The van der Waals surface area contributed by atoms with Crippen LogP contribution in [0.2, 0.25) is 0 Å². The van der Waals surface area contributed by atoms with Gasteiger partial charge in [-0.05, 0) is 37.3 Å². The van der Waals surface area contributed by atoms with Gasteiger partial charge in [0.05, 0.1) is 42.0 Å². The molecule has 7 heteroatoms. The second-order valence-electron chi connectivity index (χ2n) is 10.0. The van der Waals surface area contributed by atoms with E-state index in [1.807, 2.05) is 25.1 Å². The highest BCUT2D eigenvalue weighted by atomic mass is 16.5. The summed E-state index contributed by atoms with van der Waals surface area (Å²) in [5.74, 6) is -2.63. The van der Waals surface area contributed by atoms with E-state index in [1.54, 1.807) is 18.2 Å². The molecule has 7 nitrogen and oxygen atoms in total. The van der Waals surface area contributed by atoms with E-state index in [4.69, 9.17) is 4.74 Å². The van der Waals surface area contributed by atoms with E-state index in [9.17, 15) is 19.2 Å². The van der Waals surface area contributed by atoms with Crippen molar-refractivity contribution in [2.75, 3.05) is 11.4 Å². The lowest BCUT2D eigenvalue weighted by Gasteiger charge is -2.32. The molecule has 0 spiro atoms. The number of likely N-dealkylation sites (tertiary alicyclic amines) is 1. The maximum absolute atomic E-state index is 13.5. The predicted octanol–water partition coefficient (Wildman–Crippen LogP) is 1.62. The van der Waals surface area contributed by atoms with E-state index < -0.39 is 23.5 Å². The lowest BCUT2D eigenvalue weighted by molar-refractivity contribution is -0.146. The Hall–Kier alpha value is -3.06. The Balaban J connectivity index is 1.22. The number of hydrogen-bond acceptors (Lipinski definition) is 5. The molecule has 0 N–H and O–H groups in total. The van der Waals surface area contributed by atoms with Crippen LogP contribution in [0.1, 0.15) is 12.0 Å². The highest BCUT2D eigenvalue weighted by molar-refractivity contribution is 6.23. The molecule has 4 fully saturated rings. The minimum atomic E-state index is -1.14. The van der Waals surface area contributed by atoms with E-state index in [2.05, 4.69) is 12.2 Å². The number of imide groups is 2. The average molecular weight is 430 g/mol. The molecule has 1 aromatic rings. The molecule has 2 aliphatic carbocycles. The van der Waals surface area contributed by atoms with Crippen LogP contribution in [0, 0.1) is 42.4 Å². The first-order valence-corrected chi connectivity index (χ1v) is 11.2. The van der Waals surface area contributed by atoms with Crippen LogP contribution in [0.3, 0.4) is 0 Å². The third kappa shape index (κ3) is 2.05. The highest BCUT2D eigenvalue weighted by Crippen LogP contribution is 2.56. The Labute approximate surface area is 184 Å². The molecule has 1 aromatic carbocycles. The minimum absolute atomic E-state index is 0.00791. The fourth-order valence-electron chi connectivity index (χ4n) is 7.00. The number of benzene rings is 1. The Morgan fingerprint density at radius 2 is 1.53 bits per heavy atom. The van der Waals surface area contributed by atoms with Gasteiger partial charge in [0.15, 0.2) is 0 Å². The summed E-state index contributed by atoms with van der Waals surface area (Å²) in [5, 5.41) is 0. The van der Waals surface area contributed by atoms with Gasteiger partial charge < -0.3 is 4.74 Å². The number of aryl methyl sites for hydroxylation is 1. The highest BCUT2D eigenvalue weighted by Gasteiger charge is 2.70. The zero-order valence-electron chi connectivity index (χ0n) is 17.5. The first-order chi connectivity index (χ1) is 15.4. The van der Waals surface area contributed by atoms with Gasteiger partial charge in [-0.3, -0.25) is 24.1 Å².